The molecule has 5 nitrogen and oxygen atoms in total. The van der Waals surface area contributed by atoms with Crippen LogP contribution in [0, 0.1) is 6.92 Å². The number of carbonyl (C=O) groups is 1. The number of ether oxygens (including phenoxy) is 1. The van der Waals surface area contributed by atoms with Crippen molar-refractivity contribution in [1.82, 2.24) is 4.98 Å². The molecule has 0 aliphatic carbocycles. The summed E-state index contributed by atoms with van der Waals surface area (Å²) in [5.41, 5.74) is 1.66. The zero-order chi connectivity index (χ0) is 17.8. The Morgan fingerprint density at radius 2 is 1.88 bits per heavy atom. The van der Waals surface area contributed by atoms with Crippen molar-refractivity contribution >= 4 is 27.5 Å². The van der Waals surface area contributed by atoms with Gasteiger partial charge in [-0.25, -0.2) is 4.98 Å². The summed E-state index contributed by atoms with van der Waals surface area (Å²) in [7, 11) is 0. The molecule has 0 aliphatic rings. The van der Waals surface area contributed by atoms with Gasteiger partial charge in [0, 0.05) is 16.7 Å². The van der Waals surface area contributed by atoms with Gasteiger partial charge in [0.25, 0.3) is 5.91 Å². The molecule has 0 saturated carbocycles. The van der Waals surface area contributed by atoms with Gasteiger partial charge < -0.3 is 15.2 Å². The topological polar surface area (TPSA) is 71.5 Å². The lowest BCUT2D eigenvalue weighted by Gasteiger charge is -2.09. The van der Waals surface area contributed by atoms with E-state index in [9.17, 15) is 9.90 Å². The minimum atomic E-state index is -0.358. The fourth-order valence-corrected chi connectivity index (χ4v) is 2.41. The van der Waals surface area contributed by atoms with Crippen LogP contribution in [0.3, 0.4) is 0 Å². The number of carbonyl (C=O) groups excluding carboxylic acids is 1. The standard InChI is InChI=1S/C19H15BrN2O3/c1-12-2-8-17(23)16(10-12)22-19(24)13-3-9-18(21-11-13)25-15-6-4-14(20)5-7-15/h2-11,23H,1H3,(H,22,24). The molecule has 0 unspecified atom stereocenters. The Bertz CT molecular complexity index is 894. The summed E-state index contributed by atoms with van der Waals surface area (Å²) < 4.78 is 6.58. The second-order valence-electron chi connectivity index (χ2n) is 5.42. The van der Waals surface area contributed by atoms with Gasteiger partial charge in [-0.1, -0.05) is 22.0 Å². The highest BCUT2D eigenvalue weighted by molar-refractivity contribution is 9.10. The van der Waals surface area contributed by atoms with Crippen LogP contribution in [0.15, 0.2) is 65.3 Å². The Hall–Kier alpha value is -2.86. The van der Waals surface area contributed by atoms with Gasteiger partial charge in [0.2, 0.25) is 5.88 Å². The molecular weight excluding hydrogens is 384 g/mol. The summed E-state index contributed by atoms with van der Waals surface area (Å²) in [5.74, 6) is 0.695. The first-order valence-electron chi connectivity index (χ1n) is 7.52. The van der Waals surface area contributed by atoms with Crippen LogP contribution in [0.2, 0.25) is 0 Å². The molecule has 1 aromatic heterocycles. The van der Waals surface area contributed by atoms with Gasteiger partial charge in [0.15, 0.2) is 0 Å². The van der Waals surface area contributed by atoms with Gasteiger partial charge in [-0.3, -0.25) is 4.79 Å². The molecule has 0 atom stereocenters. The molecule has 3 aromatic rings. The fourth-order valence-electron chi connectivity index (χ4n) is 2.14. The molecule has 1 amide bonds. The van der Waals surface area contributed by atoms with Crippen molar-refractivity contribution in [2.24, 2.45) is 0 Å². The van der Waals surface area contributed by atoms with Crippen molar-refractivity contribution < 1.29 is 14.6 Å². The summed E-state index contributed by atoms with van der Waals surface area (Å²) in [6, 6.07) is 15.6. The van der Waals surface area contributed by atoms with E-state index in [1.807, 2.05) is 31.2 Å². The largest absolute Gasteiger partial charge is 0.506 e. The van der Waals surface area contributed by atoms with Crippen LogP contribution in [0.5, 0.6) is 17.4 Å². The fraction of sp³-hybridized carbons (Fsp3) is 0.0526. The lowest BCUT2D eigenvalue weighted by molar-refractivity contribution is 0.102. The molecule has 25 heavy (non-hydrogen) atoms. The number of rotatable bonds is 4. The molecule has 0 spiro atoms. The second-order valence-corrected chi connectivity index (χ2v) is 6.33. The number of aromatic hydroxyl groups is 1. The number of phenolic OH excluding ortho intramolecular Hbond substituents is 1. The molecule has 0 aliphatic heterocycles. The van der Waals surface area contributed by atoms with Crippen molar-refractivity contribution in [2.45, 2.75) is 6.92 Å². The highest BCUT2D eigenvalue weighted by atomic mass is 79.9. The zero-order valence-corrected chi connectivity index (χ0v) is 14.9. The maximum atomic E-state index is 12.3. The summed E-state index contributed by atoms with van der Waals surface area (Å²) in [5, 5.41) is 12.5. The summed E-state index contributed by atoms with van der Waals surface area (Å²) in [6.45, 7) is 1.88. The Morgan fingerprint density at radius 3 is 2.56 bits per heavy atom. The molecule has 0 saturated heterocycles. The molecule has 1 heterocycles. The third kappa shape index (κ3) is 4.36. The number of aryl methyl sites for hydroxylation is 1. The predicted octanol–water partition coefficient (Wildman–Crippen LogP) is 4.90. The van der Waals surface area contributed by atoms with E-state index < -0.39 is 0 Å². The van der Waals surface area contributed by atoms with E-state index >= 15 is 0 Å². The number of nitrogens with one attached hydrogen (secondary N) is 1. The van der Waals surface area contributed by atoms with E-state index in [1.54, 1.807) is 30.3 Å². The minimum Gasteiger partial charge on any atom is -0.506 e. The molecule has 0 radical (unpaired) electrons. The Kier molecular flexibility index (Phi) is 5.00. The van der Waals surface area contributed by atoms with Gasteiger partial charge in [-0.15, -0.1) is 0 Å². The van der Waals surface area contributed by atoms with E-state index in [4.69, 9.17) is 4.74 Å². The number of hydrogen-bond donors (Lipinski definition) is 2. The van der Waals surface area contributed by atoms with E-state index in [-0.39, 0.29) is 11.7 Å². The molecule has 2 N–H and O–H groups in total. The van der Waals surface area contributed by atoms with Crippen molar-refractivity contribution in [1.29, 1.82) is 0 Å². The number of anilines is 1. The van der Waals surface area contributed by atoms with Gasteiger partial charge in [0.05, 0.1) is 11.3 Å². The number of amides is 1. The second kappa shape index (κ2) is 7.36. The van der Waals surface area contributed by atoms with Crippen LogP contribution in [-0.2, 0) is 0 Å². The summed E-state index contributed by atoms with van der Waals surface area (Å²) in [6.07, 6.45) is 1.43. The number of aromatic nitrogens is 1. The highest BCUT2D eigenvalue weighted by Crippen LogP contribution is 2.25. The van der Waals surface area contributed by atoms with Gasteiger partial charge >= 0.3 is 0 Å². The van der Waals surface area contributed by atoms with E-state index in [0.29, 0.717) is 22.9 Å². The third-order valence-corrected chi connectivity index (χ3v) is 3.96. The average molecular weight is 399 g/mol. The van der Waals surface area contributed by atoms with Crippen LogP contribution in [0.4, 0.5) is 5.69 Å². The highest BCUT2D eigenvalue weighted by Gasteiger charge is 2.10. The molecular formula is C19H15BrN2O3. The molecule has 6 heteroatoms. The van der Waals surface area contributed by atoms with Crippen LogP contribution >= 0.6 is 15.9 Å². The smallest absolute Gasteiger partial charge is 0.257 e. The first kappa shape index (κ1) is 17.0. The Labute approximate surface area is 153 Å². The molecule has 3 rings (SSSR count). The van der Waals surface area contributed by atoms with Gasteiger partial charge in [-0.05, 0) is 55.0 Å². The van der Waals surface area contributed by atoms with Gasteiger partial charge in [0.1, 0.15) is 11.5 Å². The van der Waals surface area contributed by atoms with E-state index in [0.717, 1.165) is 10.0 Å². The van der Waals surface area contributed by atoms with E-state index in [2.05, 4.69) is 26.2 Å². The summed E-state index contributed by atoms with van der Waals surface area (Å²) in [4.78, 5) is 16.4. The van der Waals surface area contributed by atoms with Crippen LogP contribution in [0.25, 0.3) is 0 Å². The molecule has 126 valence electrons. The van der Waals surface area contributed by atoms with Crippen LogP contribution in [0.1, 0.15) is 15.9 Å². The van der Waals surface area contributed by atoms with E-state index in [1.165, 1.54) is 6.20 Å². The summed E-state index contributed by atoms with van der Waals surface area (Å²) >= 11 is 3.36. The monoisotopic (exact) mass is 398 g/mol. The number of nitrogens with zero attached hydrogens (tertiary/aromatic N) is 1. The molecule has 2 aromatic carbocycles. The minimum absolute atomic E-state index is 0.0158. The molecule has 0 bridgehead atoms. The molecule has 0 fully saturated rings. The number of benzene rings is 2. The maximum absolute atomic E-state index is 12.3. The normalized spacial score (nSPS) is 10.3. The Morgan fingerprint density at radius 1 is 1.12 bits per heavy atom. The predicted molar refractivity (Wildman–Crippen MR) is 99.3 cm³/mol. The lowest BCUT2D eigenvalue weighted by Crippen LogP contribution is -2.12. The first-order valence-corrected chi connectivity index (χ1v) is 8.31. The van der Waals surface area contributed by atoms with Gasteiger partial charge in [-0.2, -0.15) is 0 Å². The van der Waals surface area contributed by atoms with Crippen molar-refractivity contribution in [3.8, 4) is 17.4 Å². The SMILES string of the molecule is Cc1ccc(O)c(NC(=O)c2ccc(Oc3ccc(Br)cc3)nc2)c1. The number of hydrogen-bond acceptors (Lipinski definition) is 4. The van der Waals surface area contributed by atoms with Crippen molar-refractivity contribution in [2.75, 3.05) is 5.32 Å². The maximum Gasteiger partial charge on any atom is 0.257 e. The first-order chi connectivity index (χ1) is 12.0. The number of halogens is 1. The quantitative estimate of drug-likeness (QED) is 0.612. The zero-order valence-electron chi connectivity index (χ0n) is 13.4. The van der Waals surface area contributed by atoms with Crippen molar-refractivity contribution in [3.63, 3.8) is 0 Å². The van der Waals surface area contributed by atoms with Crippen molar-refractivity contribution in [3.05, 3.63) is 76.4 Å². The average Bonchev–Trinajstić information content (AvgIpc) is 2.61. The van der Waals surface area contributed by atoms with Crippen LogP contribution < -0.4 is 10.1 Å². The third-order valence-electron chi connectivity index (χ3n) is 3.43. The lowest BCUT2D eigenvalue weighted by atomic mass is 10.2. The number of phenols is 1. The Balaban J connectivity index is 1.70. The number of pyridine rings is 1. The van der Waals surface area contributed by atoms with Crippen LogP contribution in [-0.4, -0.2) is 16.0 Å².